The molecule has 0 radical (unpaired) electrons. The van der Waals surface area contributed by atoms with Gasteiger partial charge in [0.15, 0.2) is 0 Å². The van der Waals surface area contributed by atoms with Crippen molar-refractivity contribution in [2.45, 2.75) is 57.7 Å². The molecule has 2 rings (SSSR count). The first kappa shape index (κ1) is 19.5. The van der Waals surface area contributed by atoms with Crippen molar-refractivity contribution < 1.29 is 4.74 Å². The summed E-state index contributed by atoms with van der Waals surface area (Å²) in [4.78, 5) is 0. The zero-order valence-corrected chi connectivity index (χ0v) is 18.5. The molecule has 2 aromatic carbocycles. The number of benzene rings is 2. The van der Waals surface area contributed by atoms with Crippen LogP contribution in [0.1, 0.15) is 58.2 Å². The Kier molecular flexibility index (Phi) is 5.87. The summed E-state index contributed by atoms with van der Waals surface area (Å²) in [5.41, 5.74) is 3.88. The van der Waals surface area contributed by atoms with E-state index < -0.39 is 0 Å². The largest absolute Gasteiger partial charge is 0.457 e. The first-order chi connectivity index (χ1) is 11.0. The van der Waals surface area contributed by atoms with Crippen LogP contribution in [-0.4, -0.2) is 0 Å². The normalized spacial score (nSPS) is 12.3. The summed E-state index contributed by atoms with van der Waals surface area (Å²) < 4.78 is 7.35. The molecule has 0 aliphatic carbocycles. The molecule has 0 bridgehead atoms. The van der Waals surface area contributed by atoms with Crippen molar-refractivity contribution in [3.8, 4) is 11.5 Å². The lowest BCUT2D eigenvalue weighted by Gasteiger charge is -2.27. The van der Waals surface area contributed by atoms with Gasteiger partial charge in [0.1, 0.15) is 11.5 Å². The van der Waals surface area contributed by atoms with Gasteiger partial charge in [0.05, 0.1) is 0 Å². The van der Waals surface area contributed by atoms with Crippen LogP contribution >= 0.6 is 31.9 Å². The molecule has 2 aromatic rings. The lowest BCUT2D eigenvalue weighted by atomic mass is 9.80. The predicted octanol–water partition coefficient (Wildman–Crippen LogP) is 7.73. The van der Waals surface area contributed by atoms with Crippen molar-refractivity contribution in [2.75, 3.05) is 0 Å². The van der Waals surface area contributed by atoms with E-state index in [9.17, 15) is 0 Å². The number of ether oxygens (including phenoxy) is 1. The van der Waals surface area contributed by atoms with Crippen LogP contribution in [-0.2, 0) is 16.2 Å². The molecular formula is C21H26Br2O. The molecule has 0 aromatic heterocycles. The van der Waals surface area contributed by atoms with E-state index in [0.29, 0.717) is 0 Å². The van der Waals surface area contributed by atoms with Gasteiger partial charge in [0.25, 0.3) is 0 Å². The molecule has 24 heavy (non-hydrogen) atoms. The fraction of sp³-hybridized carbons (Fsp3) is 0.429. The van der Waals surface area contributed by atoms with Gasteiger partial charge in [-0.15, -0.1) is 0 Å². The molecule has 0 amide bonds. The molecule has 0 spiro atoms. The Hall–Kier alpha value is -0.800. The minimum Gasteiger partial charge on any atom is -0.457 e. The Morgan fingerprint density at radius 1 is 0.875 bits per heavy atom. The van der Waals surface area contributed by atoms with E-state index in [1.807, 2.05) is 12.1 Å². The highest BCUT2D eigenvalue weighted by Gasteiger charge is 2.23. The van der Waals surface area contributed by atoms with Crippen LogP contribution in [0.25, 0.3) is 0 Å². The molecule has 0 saturated carbocycles. The molecule has 0 saturated heterocycles. The summed E-state index contributed by atoms with van der Waals surface area (Å²) in [5, 5.41) is 0.792. The third-order valence-corrected chi connectivity index (χ3v) is 5.42. The van der Waals surface area contributed by atoms with Gasteiger partial charge >= 0.3 is 0 Å². The average Bonchev–Trinajstić information content (AvgIpc) is 2.47. The summed E-state index contributed by atoms with van der Waals surface area (Å²) in [7, 11) is 0. The second-order valence-corrected chi connectivity index (χ2v) is 9.61. The van der Waals surface area contributed by atoms with Gasteiger partial charge in [-0.2, -0.15) is 0 Å². The van der Waals surface area contributed by atoms with Crippen molar-refractivity contribution in [3.63, 3.8) is 0 Å². The highest BCUT2D eigenvalue weighted by atomic mass is 79.9. The van der Waals surface area contributed by atoms with Crippen LogP contribution in [0.15, 0.2) is 40.9 Å². The Morgan fingerprint density at radius 3 is 2.08 bits per heavy atom. The zero-order valence-electron chi connectivity index (χ0n) is 15.3. The third-order valence-electron chi connectivity index (χ3n) is 4.04. The maximum absolute atomic E-state index is 6.26. The molecule has 0 fully saturated rings. The topological polar surface area (TPSA) is 9.23 Å². The number of rotatable bonds is 3. The zero-order chi connectivity index (χ0) is 18.1. The average molecular weight is 454 g/mol. The van der Waals surface area contributed by atoms with E-state index in [4.69, 9.17) is 4.74 Å². The molecule has 0 aliphatic rings. The van der Waals surface area contributed by atoms with Gasteiger partial charge in [-0.25, -0.2) is 0 Å². The van der Waals surface area contributed by atoms with Crippen molar-refractivity contribution >= 4 is 31.9 Å². The Balaban J connectivity index is 2.46. The summed E-state index contributed by atoms with van der Waals surface area (Å²) in [6.45, 7) is 13.4. The monoisotopic (exact) mass is 452 g/mol. The van der Waals surface area contributed by atoms with E-state index in [1.165, 1.54) is 16.7 Å². The van der Waals surface area contributed by atoms with Gasteiger partial charge in [-0.1, -0.05) is 85.5 Å². The van der Waals surface area contributed by atoms with Crippen molar-refractivity contribution in [1.82, 2.24) is 0 Å². The summed E-state index contributed by atoms with van der Waals surface area (Å²) in [6.07, 6.45) is 0. The van der Waals surface area contributed by atoms with E-state index in [0.717, 1.165) is 21.3 Å². The maximum atomic E-state index is 6.26. The van der Waals surface area contributed by atoms with Gasteiger partial charge in [-0.05, 0) is 46.2 Å². The van der Waals surface area contributed by atoms with Gasteiger partial charge in [0.2, 0.25) is 0 Å². The molecule has 1 nitrogen and oxygen atoms in total. The molecule has 0 atom stereocenters. The Labute approximate surface area is 163 Å². The number of alkyl halides is 1. The highest BCUT2D eigenvalue weighted by molar-refractivity contribution is 9.10. The second-order valence-electron chi connectivity index (χ2n) is 8.20. The van der Waals surface area contributed by atoms with Gasteiger partial charge in [0, 0.05) is 15.4 Å². The molecular weight excluding hydrogens is 428 g/mol. The molecule has 0 unspecified atom stereocenters. The highest BCUT2D eigenvalue weighted by Crippen LogP contribution is 2.38. The van der Waals surface area contributed by atoms with E-state index in [1.54, 1.807) is 0 Å². The van der Waals surface area contributed by atoms with E-state index >= 15 is 0 Å². The van der Waals surface area contributed by atoms with Crippen LogP contribution in [0.5, 0.6) is 11.5 Å². The Bertz CT molecular complexity index is 722. The minimum atomic E-state index is 0.0181. The standard InChI is InChI=1S/C21H26Br2O/c1-20(2,3)15-7-10-19(17(12-15)21(4,5)6)24-16-8-9-18(23)14(11-16)13-22/h7-12H,13H2,1-6H3. The lowest BCUT2D eigenvalue weighted by Crippen LogP contribution is -2.17. The quantitative estimate of drug-likeness (QED) is 0.432. The number of halogens is 2. The van der Waals surface area contributed by atoms with E-state index in [2.05, 4.69) is 97.7 Å². The van der Waals surface area contributed by atoms with Crippen molar-refractivity contribution in [2.24, 2.45) is 0 Å². The first-order valence-corrected chi connectivity index (χ1v) is 10.1. The lowest BCUT2D eigenvalue weighted by molar-refractivity contribution is 0.453. The van der Waals surface area contributed by atoms with Crippen LogP contribution in [0.3, 0.4) is 0 Å². The smallest absolute Gasteiger partial charge is 0.131 e. The van der Waals surface area contributed by atoms with Gasteiger partial charge in [-0.3, -0.25) is 0 Å². The summed E-state index contributed by atoms with van der Waals surface area (Å²) >= 11 is 7.09. The number of hydrogen-bond acceptors (Lipinski definition) is 1. The number of hydrogen-bond donors (Lipinski definition) is 0. The summed E-state index contributed by atoms with van der Waals surface area (Å²) in [6, 6.07) is 12.7. The molecule has 0 heterocycles. The fourth-order valence-electron chi connectivity index (χ4n) is 2.52. The summed E-state index contributed by atoms with van der Waals surface area (Å²) in [5.74, 6) is 1.79. The molecule has 0 N–H and O–H groups in total. The minimum absolute atomic E-state index is 0.0181. The molecule has 0 aliphatic heterocycles. The van der Waals surface area contributed by atoms with Crippen molar-refractivity contribution in [1.29, 1.82) is 0 Å². The van der Waals surface area contributed by atoms with Crippen LogP contribution < -0.4 is 4.74 Å². The van der Waals surface area contributed by atoms with Gasteiger partial charge < -0.3 is 4.74 Å². The first-order valence-electron chi connectivity index (χ1n) is 8.19. The van der Waals surface area contributed by atoms with E-state index in [-0.39, 0.29) is 10.8 Å². The SMILES string of the molecule is CC(C)(C)c1ccc(Oc2ccc(Br)c(CBr)c2)c(C(C)(C)C)c1. The predicted molar refractivity (Wildman–Crippen MR) is 111 cm³/mol. The van der Waals surface area contributed by atoms with Crippen LogP contribution in [0, 0.1) is 0 Å². The van der Waals surface area contributed by atoms with Crippen molar-refractivity contribution in [3.05, 3.63) is 57.6 Å². The molecule has 130 valence electrons. The van der Waals surface area contributed by atoms with Crippen LogP contribution in [0.2, 0.25) is 0 Å². The maximum Gasteiger partial charge on any atom is 0.131 e. The third kappa shape index (κ3) is 4.64. The second kappa shape index (κ2) is 7.21. The molecule has 3 heteroatoms. The van der Waals surface area contributed by atoms with Crippen LogP contribution in [0.4, 0.5) is 0 Å². The Morgan fingerprint density at radius 2 is 1.54 bits per heavy atom. The fourth-order valence-corrected chi connectivity index (χ4v) is 3.74.